The number of rotatable bonds is 11. The standard InChI is InChI=1S/C27H32N2O4S/c1-4-22-12-9-13-23(5-2)27(22)28-26(30)20-29(19-18-21-10-7-6-8-11-21)34(31,32)25-16-14-24(33-3)15-17-25/h6-17H,4-5,18-20H2,1-3H3,(H,28,30). The summed E-state index contributed by atoms with van der Waals surface area (Å²) in [6, 6.07) is 21.8. The molecule has 3 rings (SSSR count). The van der Waals surface area contributed by atoms with Crippen LogP contribution in [0.25, 0.3) is 0 Å². The number of benzene rings is 3. The molecule has 7 heteroatoms. The summed E-state index contributed by atoms with van der Waals surface area (Å²) in [5, 5.41) is 2.99. The normalized spacial score (nSPS) is 11.4. The number of carbonyl (C=O) groups excluding carboxylic acids is 1. The van der Waals surface area contributed by atoms with Gasteiger partial charge in [0.1, 0.15) is 5.75 Å². The van der Waals surface area contributed by atoms with Gasteiger partial charge in [-0.3, -0.25) is 4.79 Å². The monoisotopic (exact) mass is 480 g/mol. The van der Waals surface area contributed by atoms with E-state index in [1.54, 1.807) is 12.1 Å². The van der Waals surface area contributed by atoms with E-state index in [0.29, 0.717) is 12.2 Å². The molecule has 0 saturated heterocycles. The molecule has 1 N–H and O–H groups in total. The third-order valence-corrected chi connectivity index (χ3v) is 7.63. The molecule has 0 spiro atoms. The number of methoxy groups -OCH3 is 1. The van der Waals surface area contributed by atoms with Crippen LogP contribution >= 0.6 is 0 Å². The molecule has 180 valence electrons. The van der Waals surface area contributed by atoms with Crippen molar-refractivity contribution in [3.63, 3.8) is 0 Å². The first-order valence-corrected chi connectivity index (χ1v) is 12.9. The Labute approximate surface area is 202 Å². The van der Waals surface area contributed by atoms with Gasteiger partial charge in [-0.05, 0) is 60.2 Å². The van der Waals surface area contributed by atoms with E-state index in [1.165, 1.54) is 23.5 Å². The summed E-state index contributed by atoms with van der Waals surface area (Å²) in [6.45, 7) is 3.97. The Hall–Kier alpha value is -3.16. The molecule has 0 aliphatic carbocycles. The predicted molar refractivity (Wildman–Crippen MR) is 136 cm³/mol. The van der Waals surface area contributed by atoms with Crippen LogP contribution in [-0.4, -0.2) is 38.8 Å². The zero-order valence-electron chi connectivity index (χ0n) is 20.0. The summed E-state index contributed by atoms with van der Waals surface area (Å²) in [4.78, 5) is 13.2. The molecule has 0 bridgehead atoms. The second-order valence-electron chi connectivity index (χ2n) is 7.96. The molecule has 1 amide bonds. The van der Waals surface area contributed by atoms with E-state index in [-0.39, 0.29) is 23.9 Å². The molecule has 34 heavy (non-hydrogen) atoms. The summed E-state index contributed by atoms with van der Waals surface area (Å²) in [5.74, 6) is 0.205. The highest BCUT2D eigenvalue weighted by Gasteiger charge is 2.27. The molecule has 0 aromatic heterocycles. The van der Waals surface area contributed by atoms with E-state index in [4.69, 9.17) is 4.74 Å². The van der Waals surface area contributed by atoms with E-state index < -0.39 is 10.0 Å². The van der Waals surface area contributed by atoms with Crippen LogP contribution < -0.4 is 10.1 Å². The maximum Gasteiger partial charge on any atom is 0.243 e. The molecule has 0 fully saturated rings. The number of sulfonamides is 1. The predicted octanol–water partition coefficient (Wildman–Crippen LogP) is 4.69. The lowest BCUT2D eigenvalue weighted by Gasteiger charge is -2.23. The van der Waals surface area contributed by atoms with E-state index in [9.17, 15) is 13.2 Å². The quantitative estimate of drug-likeness (QED) is 0.432. The number of aryl methyl sites for hydroxylation is 2. The minimum atomic E-state index is -3.90. The fourth-order valence-corrected chi connectivity index (χ4v) is 5.22. The molecule has 3 aromatic rings. The fourth-order valence-electron chi connectivity index (χ4n) is 3.82. The van der Waals surface area contributed by atoms with Crippen LogP contribution in [0.5, 0.6) is 5.75 Å². The Morgan fingerprint density at radius 3 is 2.06 bits per heavy atom. The maximum absolute atomic E-state index is 13.5. The zero-order chi connectivity index (χ0) is 24.6. The number of carbonyl (C=O) groups is 1. The molecule has 0 heterocycles. The second kappa shape index (κ2) is 11.8. The fraction of sp³-hybridized carbons (Fsp3) is 0.296. The van der Waals surface area contributed by atoms with E-state index in [1.807, 2.05) is 62.4 Å². The number of amides is 1. The average molecular weight is 481 g/mol. The van der Waals surface area contributed by atoms with Crippen LogP contribution in [0.1, 0.15) is 30.5 Å². The molecular weight excluding hydrogens is 448 g/mol. The molecule has 0 radical (unpaired) electrons. The maximum atomic E-state index is 13.5. The lowest BCUT2D eigenvalue weighted by Crippen LogP contribution is -2.39. The highest BCUT2D eigenvalue weighted by atomic mass is 32.2. The van der Waals surface area contributed by atoms with Gasteiger partial charge in [0.15, 0.2) is 0 Å². The van der Waals surface area contributed by atoms with Crippen LogP contribution in [0.4, 0.5) is 5.69 Å². The van der Waals surface area contributed by atoms with Gasteiger partial charge in [0.25, 0.3) is 0 Å². The van der Waals surface area contributed by atoms with Gasteiger partial charge >= 0.3 is 0 Å². The van der Waals surface area contributed by atoms with Crippen LogP contribution in [0.15, 0.2) is 77.7 Å². The van der Waals surface area contributed by atoms with Gasteiger partial charge in [0.05, 0.1) is 18.6 Å². The Morgan fingerprint density at radius 2 is 1.50 bits per heavy atom. The Balaban J connectivity index is 1.86. The van der Waals surface area contributed by atoms with E-state index in [0.717, 1.165) is 35.2 Å². The number of hydrogen-bond acceptors (Lipinski definition) is 4. The summed E-state index contributed by atoms with van der Waals surface area (Å²) >= 11 is 0. The minimum Gasteiger partial charge on any atom is -0.497 e. The third-order valence-electron chi connectivity index (χ3n) is 5.77. The number of para-hydroxylation sites is 1. The van der Waals surface area contributed by atoms with Gasteiger partial charge < -0.3 is 10.1 Å². The number of nitrogens with zero attached hydrogens (tertiary/aromatic N) is 1. The SMILES string of the molecule is CCc1cccc(CC)c1NC(=O)CN(CCc1ccccc1)S(=O)(=O)c1ccc(OC)cc1. The van der Waals surface area contributed by atoms with Gasteiger partial charge in [-0.1, -0.05) is 62.4 Å². The smallest absolute Gasteiger partial charge is 0.243 e. The summed E-state index contributed by atoms with van der Waals surface area (Å²) in [6.07, 6.45) is 2.03. The van der Waals surface area contributed by atoms with Gasteiger partial charge in [-0.25, -0.2) is 8.42 Å². The first kappa shape index (κ1) is 25.5. The van der Waals surface area contributed by atoms with Gasteiger partial charge in [0, 0.05) is 12.2 Å². The van der Waals surface area contributed by atoms with E-state index in [2.05, 4.69) is 5.32 Å². The van der Waals surface area contributed by atoms with E-state index >= 15 is 0 Å². The molecule has 3 aromatic carbocycles. The molecule has 0 aliphatic heterocycles. The Morgan fingerprint density at radius 1 is 0.882 bits per heavy atom. The first-order chi connectivity index (χ1) is 16.4. The first-order valence-electron chi connectivity index (χ1n) is 11.5. The van der Waals surface area contributed by atoms with Crippen LogP contribution in [0.2, 0.25) is 0 Å². The number of anilines is 1. The molecule has 6 nitrogen and oxygen atoms in total. The van der Waals surface area contributed by atoms with Crippen LogP contribution in [0.3, 0.4) is 0 Å². The number of nitrogens with one attached hydrogen (secondary N) is 1. The molecule has 0 atom stereocenters. The minimum absolute atomic E-state index is 0.123. The van der Waals surface area contributed by atoms with Crippen molar-refractivity contribution in [3.05, 3.63) is 89.5 Å². The van der Waals surface area contributed by atoms with Gasteiger partial charge in [-0.2, -0.15) is 4.31 Å². The highest BCUT2D eigenvalue weighted by molar-refractivity contribution is 7.89. The van der Waals surface area contributed by atoms with Crippen LogP contribution in [-0.2, 0) is 34.1 Å². The molecule has 0 saturated carbocycles. The summed E-state index contributed by atoms with van der Waals surface area (Å²) in [7, 11) is -2.37. The lowest BCUT2D eigenvalue weighted by molar-refractivity contribution is -0.116. The zero-order valence-corrected chi connectivity index (χ0v) is 20.8. The van der Waals surface area contributed by atoms with Crippen molar-refractivity contribution in [3.8, 4) is 5.75 Å². The Bertz CT molecular complexity index is 1170. The van der Waals surface area contributed by atoms with Crippen molar-refractivity contribution >= 4 is 21.6 Å². The second-order valence-corrected chi connectivity index (χ2v) is 9.89. The summed E-state index contributed by atoms with van der Waals surface area (Å²) < 4.78 is 33.4. The third kappa shape index (κ3) is 6.24. The van der Waals surface area contributed by atoms with Gasteiger partial charge in [0.2, 0.25) is 15.9 Å². The number of hydrogen-bond donors (Lipinski definition) is 1. The Kier molecular flexibility index (Phi) is 8.85. The summed E-state index contributed by atoms with van der Waals surface area (Å²) in [5.41, 5.74) is 3.84. The molecular formula is C27H32N2O4S. The van der Waals surface area contributed by atoms with Crippen molar-refractivity contribution in [1.82, 2.24) is 4.31 Å². The topological polar surface area (TPSA) is 75.7 Å². The van der Waals surface area contributed by atoms with Crippen molar-refractivity contribution in [2.75, 3.05) is 25.5 Å². The van der Waals surface area contributed by atoms with Crippen molar-refractivity contribution in [1.29, 1.82) is 0 Å². The lowest BCUT2D eigenvalue weighted by atomic mass is 10.0. The highest BCUT2D eigenvalue weighted by Crippen LogP contribution is 2.24. The molecule has 0 unspecified atom stereocenters. The largest absolute Gasteiger partial charge is 0.497 e. The van der Waals surface area contributed by atoms with Crippen LogP contribution in [0, 0.1) is 0 Å². The van der Waals surface area contributed by atoms with Gasteiger partial charge in [-0.15, -0.1) is 0 Å². The molecule has 0 aliphatic rings. The van der Waals surface area contributed by atoms with Crippen molar-refractivity contribution in [2.24, 2.45) is 0 Å². The average Bonchev–Trinajstić information content (AvgIpc) is 2.87. The number of ether oxygens (including phenoxy) is 1. The van der Waals surface area contributed by atoms with Crippen molar-refractivity contribution < 1.29 is 17.9 Å². The van der Waals surface area contributed by atoms with Crippen molar-refractivity contribution in [2.45, 2.75) is 38.0 Å².